The number of imidazole rings is 1. The second-order valence-electron chi connectivity index (χ2n) is 5.83. The standard InChI is InChI=1S/C17H12Cl3N3O2S2/c18-12-7-14(20)16(8-13(12)19)27(24,25)22-11-3-1-2-10(6-11)15-9-23-4-5-26-17(23)21-15/h1-3,6-9,22H,4-5H2. The Morgan fingerprint density at radius 1 is 1.07 bits per heavy atom. The summed E-state index contributed by atoms with van der Waals surface area (Å²) >= 11 is 19.6. The van der Waals surface area contributed by atoms with Gasteiger partial charge in [-0.3, -0.25) is 4.72 Å². The quantitative estimate of drug-likeness (QED) is 0.528. The van der Waals surface area contributed by atoms with Crippen LogP contribution < -0.4 is 4.72 Å². The number of thioether (sulfide) groups is 1. The molecule has 0 fully saturated rings. The average Bonchev–Trinajstić information content (AvgIpc) is 3.19. The molecule has 0 unspecified atom stereocenters. The summed E-state index contributed by atoms with van der Waals surface area (Å²) in [4.78, 5) is 4.45. The summed E-state index contributed by atoms with van der Waals surface area (Å²) in [5, 5.41) is 1.27. The SMILES string of the molecule is O=S(=O)(Nc1cccc(-c2cn3c(n2)SCC3)c1)c1cc(Cl)c(Cl)cc1Cl. The zero-order chi connectivity index (χ0) is 19.2. The van der Waals surface area contributed by atoms with Crippen molar-refractivity contribution in [2.75, 3.05) is 10.5 Å². The number of nitrogens with one attached hydrogen (secondary N) is 1. The molecule has 1 aliphatic rings. The summed E-state index contributed by atoms with van der Waals surface area (Å²) in [5.41, 5.74) is 2.01. The maximum atomic E-state index is 12.7. The highest BCUT2D eigenvalue weighted by Crippen LogP contribution is 2.33. The van der Waals surface area contributed by atoms with Crippen LogP contribution in [-0.2, 0) is 16.6 Å². The highest BCUT2D eigenvalue weighted by atomic mass is 35.5. The summed E-state index contributed by atoms with van der Waals surface area (Å²) in [7, 11) is -3.93. The van der Waals surface area contributed by atoms with Crippen LogP contribution >= 0.6 is 46.6 Å². The first-order valence-corrected chi connectivity index (χ1v) is 11.4. The highest BCUT2D eigenvalue weighted by molar-refractivity contribution is 7.99. The predicted molar refractivity (Wildman–Crippen MR) is 111 cm³/mol. The first-order valence-electron chi connectivity index (χ1n) is 7.81. The van der Waals surface area contributed by atoms with E-state index in [1.165, 1.54) is 12.1 Å². The zero-order valence-corrected chi connectivity index (χ0v) is 17.5. The van der Waals surface area contributed by atoms with Crippen LogP contribution in [0.25, 0.3) is 11.3 Å². The second kappa shape index (κ2) is 7.22. The van der Waals surface area contributed by atoms with Crippen LogP contribution in [0.2, 0.25) is 15.1 Å². The van der Waals surface area contributed by atoms with E-state index in [1.54, 1.807) is 30.0 Å². The first kappa shape index (κ1) is 19.0. The third-order valence-corrected chi connectivity index (χ3v) is 7.52. The Hall–Kier alpha value is -1.38. The molecule has 1 aliphatic heterocycles. The molecule has 3 aromatic rings. The lowest BCUT2D eigenvalue weighted by Crippen LogP contribution is -2.13. The van der Waals surface area contributed by atoms with E-state index < -0.39 is 10.0 Å². The molecule has 2 aromatic carbocycles. The van der Waals surface area contributed by atoms with Crippen molar-refractivity contribution in [1.29, 1.82) is 0 Å². The van der Waals surface area contributed by atoms with E-state index in [1.807, 2.05) is 12.3 Å². The monoisotopic (exact) mass is 459 g/mol. The fourth-order valence-corrected chi connectivity index (χ4v) is 5.71. The molecule has 5 nitrogen and oxygen atoms in total. The Morgan fingerprint density at radius 3 is 2.63 bits per heavy atom. The summed E-state index contributed by atoms with van der Waals surface area (Å²) < 4.78 is 30.1. The van der Waals surface area contributed by atoms with Gasteiger partial charge in [-0.25, -0.2) is 13.4 Å². The summed E-state index contributed by atoms with van der Waals surface area (Å²) in [6.45, 7) is 0.926. The van der Waals surface area contributed by atoms with Gasteiger partial charge in [-0.2, -0.15) is 0 Å². The molecule has 1 aromatic heterocycles. The number of anilines is 1. The number of aromatic nitrogens is 2. The van der Waals surface area contributed by atoms with Crippen LogP contribution in [0, 0.1) is 0 Å². The number of nitrogens with zero attached hydrogens (tertiary/aromatic N) is 2. The van der Waals surface area contributed by atoms with Crippen molar-refractivity contribution in [2.45, 2.75) is 16.6 Å². The molecule has 0 saturated heterocycles. The third-order valence-electron chi connectivity index (χ3n) is 3.98. The number of hydrogen-bond donors (Lipinski definition) is 1. The van der Waals surface area contributed by atoms with Crippen molar-refractivity contribution in [2.24, 2.45) is 0 Å². The second-order valence-corrected chi connectivity index (χ2v) is 9.77. The van der Waals surface area contributed by atoms with Gasteiger partial charge in [0.05, 0.1) is 20.8 Å². The Morgan fingerprint density at radius 2 is 1.85 bits per heavy atom. The van der Waals surface area contributed by atoms with E-state index in [4.69, 9.17) is 34.8 Å². The zero-order valence-electron chi connectivity index (χ0n) is 13.6. The Bertz CT molecular complexity index is 1120. The number of benzene rings is 2. The Labute approximate surface area is 175 Å². The maximum Gasteiger partial charge on any atom is 0.263 e. The molecule has 0 radical (unpaired) electrons. The van der Waals surface area contributed by atoms with Gasteiger partial charge in [0, 0.05) is 29.7 Å². The van der Waals surface area contributed by atoms with E-state index >= 15 is 0 Å². The van der Waals surface area contributed by atoms with Crippen molar-refractivity contribution >= 4 is 62.3 Å². The number of rotatable bonds is 4. The molecule has 1 N–H and O–H groups in total. The fraction of sp³-hybridized carbons (Fsp3) is 0.118. The summed E-state index contributed by atoms with van der Waals surface area (Å²) in [5.74, 6) is 1.02. The molecule has 0 aliphatic carbocycles. The van der Waals surface area contributed by atoms with Gasteiger partial charge in [-0.1, -0.05) is 58.7 Å². The average molecular weight is 461 g/mol. The van der Waals surface area contributed by atoms with Crippen LogP contribution in [0.5, 0.6) is 0 Å². The molecule has 140 valence electrons. The molecule has 4 rings (SSSR count). The first-order chi connectivity index (χ1) is 12.8. The Balaban J connectivity index is 1.65. The molecular weight excluding hydrogens is 449 g/mol. The van der Waals surface area contributed by atoms with Crippen molar-refractivity contribution in [3.05, 3.63) is 57.7 Å². The van der Waals surface area contributed by atoms with Crippen molar-refractivity contribution in [1.82, 2.24) is 9.55 Å². The molecular formula is C17H12Cl3N3O2S2. The van der Waals surface area contributed by atoms with Crippen molar-refractivity contribution in [3.8, 4) is 11.3 Å². The van der Waals surface area contributed by atoms with Crippen LogP contribution in [0.4, 0.5) is 5.69 Å². The molecule has 0 atom stereocenters. The molecule has 0 amide bonds. The number of hydrogen-bond acceptors (Lipinski definition) is 4. The van der Waals surface area contributed by atoms with E-state index in [9.17, 15) is 8.42 Å². The number of fused-ring (bicyclic) bond motifs is 1. The highest BCUT2D eigenvalue weighted by Gasteiger charge is 2.21. The molecule has 27 heavy (non-hydrogen) atoms. The van der Waals surface area contributed by atoms with Crippen LogP contribution in [0.15, 0.2) is 52.6 Å². The normalized spacial score (nSPS) is 13.6. The predicted octanol–water partition coefficient (Wildman–Crippen LogP) is 5.42. The molecule has 10 heteroatoms. The number of aryl methyl sites for hydroxylation is 1. The van der Waals surface area contributed by atoms with Gasteiger partial charge >= 0.3 is 0 Å². The minimum atomic E-state index is -3.93. The lowest BCUT2D eigenvalue weighted by Gasteiger charge is -2.11. The van der Waals surface area contributed by atoms with Gasteiger partial charge in [0.1, 0.15) is 4.90 Å². The molecule has 2 heterocycles. The largest absolute Gasteiger partial charge is 0.325 e. The fourth-order valence-electron chi connectivity index (χ4n) is 2.71. The van der Waals surface area contributed by atoms with Gasteiger partial charge in [-0.15, -0.1) is 0 Å². The Kier molecular flexibility index (Phi) is 5.07. The van der Waals surface area contributed by atoms with E-state index in [-0.39, 0.29) is 20.0 Å². The van der Waals surface area contributed by atoms with Crippen LogP contribution in [-0.4, -0.2) is 23.7 Å². The van der Waals surface area contributed by atoms with E-state index in [2.05, 4.69) is 14.3 Å². The lowest BCUT2D eigenvalue weighted by molar-refractivity contribution is 0.601. The van der Waals surface area contributed by atoms with Crippen LogP contribution in [0.3, 0.4) is 0 Å². The molecule has 0 bridgehead atoms. The summed E-state index contributed by atoms with van der Waals surface area (Å²) in [6, 6.07) is 9.57. The van der Waals surface area contributed by atoms with Gasteiger partial charge in [-0.05, 0) is 24.3 Å². The summed E-state index contributed by atoms with van der Waals surface area (Å²) in [6.07, 6.45) is 1.97. The van der Waals surface area contributed by atoms with Gasteiger partial charge < -0.3 is 4.57 Å². The van der Waals surface area contributed by atoms with Crippen molar-refractivity contribution < 1.29 is 8.42 Å². The van der Waals surface area contributed by atoms with Gasteiger partial charge in [0.15, 0.2) is 5.16 Å². The third kappa shape index (κ3) is 3.79. The van der Waals surface area contributed by atoms with Gasteiger partial charge in [0.25, 0.3) is 10.0 Å². The number of halogens is 3. The van der Waals surface area contributed by atoms with Crippen LogP contribution in [0.1, 0.15) is 0 Å². The molecule has 0 saturated carbocycles. The minimum Gasteiger partial charge on any atom is -0.325 e. The smallest absolute Gasteiger partial charge is 0.263 e. The molecule has 0 spiro atoms. The minimum absolute atomic E-state index is 0.00407. The van der Waals surface area contributed by atoms with Gasteiger partial charge in [0.2, 0.25) is 0 Å². The van der Waals surface area contributed by atoms with E-state index in [0.717, 1.165) is 28.7 Å². The number of sulfonamides is 1. The van der Waals surface area contributed by atoms with E-state index in [0.29, 0.717) is 5.69 Å². The maximum absolute atomic E-state index is 12.7. The van der Waals surface area contributed by atoms with Crippen molar-refractivity contribution in [3.63, 3.8) is 0 Å². The topological polar surface area (TPSA) is 64.0 Å². The lowest BCUT2D eigenvalue weighted by atomic mass is 10.1.